The van der Waals surface area contributed by atoms with E-state index in [2.05, 4.69) is 54.0 Å². The third-order valence-corrected chi connectivity index (χ3v) is 7.38. The average molecular weight is 386 g/mol. The van der Waals surface area contributed by atoms with Crippen molar-refractivity contribution < 1.29 is 9.59 Å². The molecule has 3 saturated heterocycles. The Morgan fingerprint density at radius 1 is 1.10 bits per heavy atom. The molecule has 6 rings (SSSR count). The molecule has 5 atom stereocenters. The highest BCUT2D eigenvalue weighted by atomic mass is 16.3. The number of benzene rings is 2. The number of aliphatic hydroxyl groups excluding tert-OH is 1. The number of piperidine rings is 3. The summed E-state index contributed by atoms with van der Waals surface area (Å²) in [7, 11) is 0. The summed E-state index contributed by atoms with van der Waals surface area (Å²) in [6.45, 7) is 7.32. The standard InChI is InChI=1S/C26H29N2O/c1-2-20-18-28(17-19-8-4-3-5-9-19)15-13-21(20)16-25(28)26(29)23-12-14-27-24-11-7-6-10-22(23)24/h2-12,14,20-21,25-26,29H,1,13,15-18H2/q+1/t20-,21+,25+,26-,28?/m1/s1. The zero-order chi connectivity index (χ0) is 19.8. The van der Waals surface area contributed by atoms with Crippen LogP contribution >= 0.6 is 0 Å². The maximum atomic E-state index is 11.7. The molecule has 2 aromatic carbocycles. The molecule has 3 aliphatic rings. The normalized spacial score (nSPS) is 29.6. The van der Waals surface area contributed by atoms with Crippen molar-refractivity contribution in [1.82, 2.24) is 4.98 Å². The molecular formula is C26H29N2O+. The minimum absolute atomic E-state index is 0.205. The fraction of sp³-hybridized carbons (Fsp3) is 0.346. The van der Waals surface area contributed by atoms with Crippen molar-refractivity contribution in [3.05, 3.63) is 90.6 Å². The van der Waals surface area contributed by atoms with E-state index in [-0.39, 0.29) is 6.04 Å². The van der Waals surface area contributed by atoms with Gasteiger partial charge in [0.1, 0.15) is 18.7 Å². The molecule has 3 fully saturated rings. The average Bonchev–Trinajstić information content (AvgIpc) is 2.78. The highest BCUT2D eigenvalue weighted by molar-refractivity contribution is 5.82. The van der Waals surface area contributed by atoms with E-state index in [9.17, 15) is 5.11 Å². The molecule has 1 unspecified atom stereocenters. The summed E-state index contributed by atoms with van der Waals surface area (Å²) < 4.78 is 0.953. The number of para-hydroxylation sites is 1. The van der Waals surface area contributed by atoms with Gasteiger partial charge in [-0.3, -0.25) is 4.98 Å². The molecular weight excluding hydrogens is 356 g/mol. The van der Waals surface area contributed by atoms with Crippen LogP contribution in [0.4, 0.5) is 0 Å². The van der Waals surface area contributed by atoms with Crippen molar-refractivity contribution in [3.8, 4) is 0 Å². The van der Waals surface area contributed by atoms with Crippen LogP contribution in [0.2, 0.25) is 0 Å². The van der Waals surface area contributed by atoms with Crippen molar-refractivity contribution >= 4 is 10.9 Å². The van der Waals surface area contributed by atoms with Crippen LogP contribution < -0.4 is 0 Å². The lowest BCUT2D eigenvalue weighted by molar-refractivity contribution is -0.984. The number of quaternary nitrogens is 1. The Morgan fingerprint density at radius 3 is 2.72 bits per heavy atom. The van der Waals surface area contributed by atoms with Crippen molar-refractivity contribution in [1.29, 1.82) is 0 Å². The first-order chi connectivity index (χ1) is 14.2. The molecule has 0 spiro atoms. The first kappa shape index (κ1) is 18.5. The van der Waals surface area contributed by atoms with Crippen LogP contribution in [-0.4, -0.2) is 33.7 Å². The van der Waals surface area contributed by atoms with Crippen molar-refractivity contribution in [3.63, 3.8) is 0 Å². The van der Waals surface area contributed by atoms with Gasteiger partial charge in [-0.15, -0.1) is 6.58 Å². The second-order valence-corrected chi connectivity index (χ2v) is 8.88. The largest absolute Gasteiger partial charge is 0.382 e. The van der Waals surface area contributed by atoms with Gasteiger partial charge in [-0.25, -0.2) is 0 Å². The summed E-state index contributed by atoms with van der Waals surface area (Å²) in [4.78, 5) is 4.50. The number of hydrogen-bond donors (Lipinski definition) is 1. The van der Waals surface area contributed by atoms with Gasteiger partial charge in [0.05, 0.1) is 18.6 Å². The van der Waals surface area contributed by atoms with Gasteiger partial charge in [0.15, 0.2) is 0 Å². The quantitative estimate of drug-likeness (QED) is 0.502. The molecule has 0 saturated carbocycles. The maximum Gasteiger partial charge on any atom is 0.131 e. The molecule has 3 aromatic rings. The van der Waals surface area contributed by atoms with E-state index in [0.717, 1.165) is 47.0 Å². The van der Waals surface area contributed by atoms with Gasteiger partial charge in [-0.1, -0.05) is 54.6 Å². The Balaban J connectivity index is 1.56. The summed E-state index contributed by atoms with van der Waals surface area (Å²) in [6.07, 6.45) is 5.79. The number of hydrogen-bond acceptors (Lipinski definition) is 2. The summed E-state index contributed by atoms with van der Waals surface area (Å²) >= 11 is 0. The summed E-state index contributed by atoms with van der Waals surface area (Å²) in [5.41, 5.74) is 3.33. The Bertz CT molecular complexity index is 1010. The van der Waals surface area contributed by atoms with Crippen molar-refractivity contribution in [2.75, 3.05) is 13.1 Å². The summed E-state index contributed by atoms with van der Waals surface area (Å²) in [5.74, 6) is 1.18. The Kier molecular flexibility index (Phi) is 4.73. The van der Waals surface area contributed by atoms with Gasteiger partial charge in [-0.05, 0) is 23.6 Å². The van der Waals surface area contributed by atoms with E-state index in [1.54, 1.807) is 0 Å². The van der Waals surface area contributed by atoms with Crippen LogP contribution in [-0.2, 0) is 6.54 Å². The van der Waals surface area contributed by atoms with Gasteiger partial charge < -0.3 is 9.59 Å². The van der Waals surface area contributed by atoms with Gasteiger partial charge >= 0.3 is 0 Å². The molecule has 1 aromatic heterocycles. The van der Waals surface area contributed by atoms with E-state index in [0.29, 0.717) is 11.8 Å². The van der Waals surface area contributed by atoms with Gasteiger partial charge in [0.2, 0.25) is 0 Å². The second kappa shape index (κ2) is 7.40. The van der Waals surface area contributed by atoms with E-state index >= 15 is 0 Å². The van der Waals surface area contributed by atoms with Crippen molar-refractivity contribution in [2.24, 2.45) is 11.8 Å². The van der Waals surface area contributed by atoms with E-state index in [1.807, 2.05) is 30.5 Å². The highest BCUT2D eigenvalue weighted by Crippen LogP contribution is 2.47. The van der Waals surface area contributed by atoms with E-state index in [4.69, 9.17) is 0 Å². The summed E-state index contributed by atoms with van der Waals surface area (Å²) in [5, 5.41) is 12.8. The van der Waals surface area contributed by atoms with Crippen LogP contribution in [0.1, 0.15) is 30.1 Å². The lowest BCUT2D eigenvalue weighted by atomic mass is 9.71. The molecule has 1 N–H and O–H groups in total. The van der Waals surface area contributed by atoms with Crippen LogP contribution in [0.5, 0.6) is 0 Å². The minimum Gasteiger partial charge on any atom is -0.382 e. The van der Waals surface area contributed by atoms with Crippen LogP contribution in [0.25, 0.3) is 10.9 Å². The molecule has 3 nitrogen and oxygen atoms in total. The zero-order valence-corrected chi connectivity index (χ0v) is 16.8. The molecule has 3 heteroatoms. The van der Waals surface area contributed by atoms with Gasteiger partial charge in [-0.2, -0.15) is 0 Å². The number of aliphatic hydroxyl groups is 1. The third-order valence-electron chi connectivity index (χ3n) is 7.38. The lowest BCUT2D eigenvalue weighted by Crippen LogP contribution is -2.67. The fourth-order valence-corrected chi connectivity index (χ4v) is 5.91. The lowest BCUT2D eigenvalue weighted by Gasteiger charge is -2.58. The minimum atomic E-state index is -0.486. The summed E-state index contributed by atoms with van der Waals surface area (Å²) in [6, 6.07) is 21.2. The first-order valence-corrected chi connectivity index (χ1v) is 10.7. The Labute approximate surface area is 172 Å². The molecule has 29 heavy (non-hydrogen) atoms. The maximum absolute atomic E-state index is 11.7. The molecule has 4 heterocycles. The predicted octanol–water partition coefficient (Wildman–Crippen LogP) is 4.88. The molecule has 0 radical (unpaired) electrons. The van der Waals surface area contributed by atoms with Gasteiger partial charge in [0, 0.05) is 35.9 Å². The Hall–Kier alpha value is -2.49. The first-order valence-electron chi connectivity index (χ1n) is 10.7. The number of nitrogens with zero attached hydrogens (tertiary/aromatic N) is 2. The number of rotatable bonds is 5. The topological polar surface area (TPSA) is 33.1 Å². The fourth-order valence-electron chi connectivity index (χ4n) is 5.91. The Morgan fingerprint density at radius 2 is 1.90 bits per heavy atom. The molecule has 148 valence electrons. The monoisotopic (exact) mass is 385 g/mol. The molecule has 0 amide bonds. The van der Waals surface area contributed by atoms with Crippen LogP contribution in [0, 0.1) is 11.8 Å². The van der Waals surface area contributed by atoms with E-state index in [1.165, 1.54) is 12.0 Å². The zero-order valence-electron chi connectivity index (χ0n) is 16.8. The molecule has 3 aliphatic heterocycles. The van der Waals surface area contributed by atoms with Crippen molar-refractivity contribution in [2.45, 2.75) is 31.5 Å². The number of fused-ring (bicyclic) bond motifs is 4. The third kappa shape index (κ3) is 3.19. The SMILES string of the molecule is C=C[C@@H]1C[N+]2(Cc3ccccc3)CC[C@H]1C[C@H]2[C@H](O)c1ccnc2ccccc12. The number of aromatic nitrogens is 1. The van der Waals surface area contributed by atoms with Gasteiger partial charge in [0.25, 0.3) is 0 Å². The predicted molar refractivity (Wildman–Crippen MR) is 117 cm³/mol. The van der Waals surface area contributed by atoms with Crippen LogP contribution in [0.15, 0.2) is 79.5 Å². The molecule has 2 bridgehead atoms. The smallest absolute Gasteiger partial charge is 0.131 e. The van der Waals surface area contributed by atoms with E-state index < -0.39 is 6.10 Å². The molecule has 0 aliphatic carbocycles. The number of pyridine rings is 1. The van der Waals surface area contributed by atoms with Crippen LogP contribution in [0.3, 0.4) is 0 Å². The highest BCUT2D eigenvalue weighted by Gasteiger charge is 2.53. The second-order valence-electron chi connectivity index (χ2n) is 8.88.